The van der Waals surface area contributed by atoms with E-state index in [1.807, 2.05) is 30.6 Å². The van der Waals surface area contributed by atoms with Crippen molar-refractivity contribution < 1.29 is 0 Å². The predicted molar refractivity (Wildman–Crippen MR) is 65.0 cm³/mol. The molecule has 2 aromatic rings. The molecule has 1 aromatic heterocycles. The highest BCUT2D eigenvalue weighted by atomic mass is 35.5. The van der Waals surface area contributed by atoms with Gasteiger partial charge < -0.3 is 5.32 Å². The van der Waals surface area contributed by atoms with Gasteiger partial charge >= 0.3 is 0 Å². The van der Waals surface area contributed by atoms with E-state index in [4.69, 9.17) is 11.6 Å². The van der Waals surface area contributed by atoms with Crippen molar-refractivity contribution in [1.82, 2.24) is 10.2 Å². The first-order valence-corrected chi connectivity index (χ1v) is 5.74. The molecule has 0 radical (unpaired) electrons. The third kappa shape index (κ3) is 1.57. The van der Waals surface area contributed by atoms with Gasteiger partial charge in [0.15, 0.2) is 0 Å². The Morgan fingerprint density at radius 1 is 1.38 bits per heavy atom. The second-order valence-corrected chi connectivity index (χ2v) is 4.47. The van der Waals surface area contributed by atoms with Crippen LogP contribution >= 0.6 is 11.6 Å². The predicted octanol–water partition coefficient (Wildman–Crippen LogP) is 3.01. The van der Waals surface area contributed by atoms with Gasteiger partial charge in [0.05, 0.1) is 6.20 Å². The van der Waals surface area contributed by atoms with Crippen molar-refractivity contribution >= 4 is 17.3 Å². The largest absolute Gasteiger partial charge is 0.385 e. The second kappa shape index (κ2) is 3.83. The molecule has 16 heavy (non-hydrogen) atoms. The van der Waals surface area contributed by atoms with Gasteiger partial charge in [0.1, 0.15) is 0 Å². The average molecular weight is 234 g/mol. The number of hydrogen-bond donors (Lipinski definition) is 2. The maximum atomic E-state index is 6.05. The summed E-state index contributed by atoms with van der Waals surface area (Å²) in [7, 11) is 0. The van der Waals surface area contributed by atoms with Crippen molar-refractivity contribution in [3.8, 4) is 0 Å². The van der Waals surface area contributed by atoms with Gasteiger partial charge in [-0.15, -0.1) is 0 Å². The van der Waals surface area contributed by atoms with E-state index < -0.39 is 0 Å². The molecule has 0 amide bonds. The Bertz CT molecular complexity index is 493. The molecular formula is C12H12ClN3. The van der Waals surface area contributed by atoms with Gasteiger partial charge in [-0.2, -0.15) is 5.10 Å². The summed E-state index contributed by atoms with van der Waals surface area (Å²) in [5, 5.41) is 11.1. The Morgan fingerprint density at radius 3 is 3.12 bits per heavy atom. The lowest BCUT2D eigenvalue weighted by Gasteiger charge is -2.26. The number of aromatic nitrogens is 2. The zero-order valence-corrected chi connectivity index (χ0v) is 9.46. The molecule has 1 atom stereocenters. The van der Waals surface area contributed by atoms with Gasteiger partial charge in [-0.25, -0.2) is 0 Å². The lowest BCUT2D eigenvalue weighted by molar-refractivity contribution is 0.720. The molecule has 1 aromatic carbocycles. The number of nitrogens with one attached hydrogen (secondary N) is 2. The minimum atomic E-state index is 0.397. The van der Waals surface area contributed by atoms with Crippen LogP contribution in [0.3, 0.4) is 0 Å². The normalized spacial score (nSPS) is 18.9. The number of halogens is 1. The summed E-state index contributed by atoms with van der Waals surface area (Å²) >= 11 is 6.05. The summed E-state index contributed by atoms with van der Waals surface area (Å²) in [6.45, 7) is 0.991. The maximum absolute atomic E-state index is 6.05. The molecule has 3 rings (SSSR count). The quantitative estimate of drug-likeness (QED) is 0.795. The molecule has 4 heteroatoms. The number of nitrogens with zero attached hydrogens (tertiary/aromatic N) is 1. The van der Waals surface area contributed by atoms with E-state index in [0.29, 0.717) is 5.92 Å². The summed E-state index contributed by atoms with van der Waals surface area (Å²) in [6.07, 6.45) is 4.92. The fourth-order valence-electron chi connectivity index (χ4n) is 2.29. The molecule has 0 saturated carbocycles. The molecule has 82 valence electrons. The van der Waals surface area contributed by atoms with Crippen LogP contribution < -0.4 is 5.32 Å². The first-order chi connectivity index (χ1) is 7.84. The van der Waals surface area contributed by atoms with Crippen LogP contribution in [0.5, 0.6) is 0 Å². The molecule has 2 heterocycles. The Kier molecular flexibility index (Phi) is 2.33. The summed E-state index contributed by atoms with van der Waals surface area (Å²) in [5.41, 5.74) is 3.67. The minimum absolute atomic E-state index is 0.397. The monoisotopic (exact) mass is 233 g/mol. The van der Waals surface area contributed by atoms with Gasteiger partial charge in [0.25, 0.3) is 0 Å². The van der Waals surface area contributed by atoms with Crippen molar-refractivity contribution in [1.29, 1.82) is 0 Å². The first kappa shape index (κ1) is 9.73. The number of aromatic amines is 1. The number of fused-ring (bicyclic) bond motifs is 1. The van der Waals surface area contributed by atoms with Crippen molar-refractivity contribution in [3.63, 3.8) is 0 Å². The molecule has 0 aliphatic carbocycles. The fraction of sp³-hybridized carbons (Fsp3) is 0.250. The average Bonchev–Trinajstić information content (AvgIpc) is 2.81. The summed E-state index contributed by atoms with van der Waals surface area (Å²) in [5.74, 6) is 0.397. The number of rotatable bonds is 1. The van der Waals surface area contributed by atoms with Gasteiger partial charge in [0.2, 0.25) is 0 Å². The lowest BCUT2D eigenvalue weighted by Crippen LogP contribution is -2.17. The molecule has 1 aliphatic rings. The Morgan fingerprint density at radius 2 is 2.31 bits per heavy atom. The van der Waals surface area contributed by atoms with E-state index in [1.165, 1.54) is 16.8 Å². The number of H-pyrrole nitrogens is 1. The van der Waals surface area contributed by atoms with Crippen LogP contribution in [-0.2, 0) is 0 Å². The molecule has 0 bridgehead atoms. The zero-order chi connectivity index (χ0) is 11.0. The SMILES string of the molecule is Clc1ccc2c(c1)C(c1cn[nH]c1)CCN2. The molecule has 1 aliphatic heterocycles. The van der Waals surface area contributed by atoms with Crippen LogP contribution in [-0.4, -0.2) is 16.7 Å². The molecule has 0 spiro atoms. The summed E-state index contributed by atoms with van der Waals surface area (Å²) < 4.78 is 0. The third-order valence-corrected chi connectivity index (χ3v) is 3.29. The van der Waals surface area contributed by atoms with Crippen molar-refractivity contribution in [2.75, 3.05) is 11.9 Å². The van der Waals surface area contributed by atoms with Gasteiger partial charge in [-0.05, 0) is 35.7 Å². The van der Waals surface area contributed by atoms with Crippen LogP contribution in [0, 0.1) is 0 Å². The zero-order valence-electron chi connectivity index (χ0n) is 8.70. The standard InChI is InChI=1S/C12H12ClN3/c13-9-1-2-12-11(5-9)10(3-4-14-12)8-6-15-16-7-8/h1-2,5-7,10,14H,3-4H2,(H,15,16). The number of hydrogen-bond acceptors (Lipinski definition) is 2. The van der Waals surface area contributed by atoms with Crippen molar-refractivity contribution in [2.24, 2.45) is 0 Å². The lowest BCUT2D eigenvalue weighted by atomic mass is 9.87. The fourth-order valence-corrected chi connectivity index (χ4v) is 2.47. The highest BCUT2D eigenvalue weighted by molar-refractivity contribution is 6.30. The third-order valence-electron chi connectivity index (χ3n) is 3.06. The van der Waals surface area contributed by atoms with Gasteiger partial charge in [-0.1, -0.05) is 11.6 Å². The van der Waals surface area contributed by atoms with Crippen molar-refractivity contribution in [3.05, 3.63) is 46.7 Å². The number of anilines is 1. The Balaban J connectivity index is 2.08. The molecule has 3 nitrogen and oxygen atoms in total. The molecule has 0 saturated heterocycles. The van der Waals surface area contributed by atoms with Crippen LogP contribution in [0.25, 0.3) is 0 Å². The van der Waals surface area contributed by atoms with E-state index in [9.17, 15) is 0 Å². The summed E-state index contributed by atoms with van der Waals surface area (Å²) in [4.78, 5) is 0. The van der Waals surface area contributed by atoms with E-state index in [-0.39, 0.29) is 0 Å². The maximum Gasteiger partial charge on any atom is 0.0525 e. The Hall–Kier alpha value is -1.48. The first-order valence-electron chi connectivity index (χ1n) is 5.36. The molecule has 1 unspecified atom stereocenters. The van der Waals surface area contributed by atoms with E-state index in [2.05, 4.69) is 15.5 Å². The highest BCUT2D eigenvalue weighted by Gasteiger charge is 2.22. The molecule has 0 fully saturated rings. The highest BCUT2D eigenvalue weighted by Crippen LogP contribution is 2.37. The van der Waals surface area contributed by atoms with Crippen molar-refractivity contribution in [2.45, 2.75) is 12.3 Å². The van der Waals surface area contributed by atoms with Crippen LogP contribution in [0.15, 0.2) is 30.6 Å². The Labute approximate surface area is 98.8 Å². The summed E-state index contributed by atoms with van der Waals surface area (Å²) in [6, 6.07) is 6.01. The smallest absolute Gasteiger partial charge is 0.0525 e. The van der Waals surface area contributed by atoms with E-state index in [1.54, 1.807) is 0 Å². The molecular weight excluding hydrogens is 222 g/mol. The van der Waals surface area contributed by atoms with Gasteiger partial charge in [0, 0.05) is 29.4 Å². The number of benzene rings is 1. The van der Waals surface area contributed by atoms with E-state index in [0.717, 1.165) is 18.0 Å². The topological polar surface area (TPSA) is 40.7 Å². The minimum Gasteiger partial charge on any atom is -0.385 e. The molecule has 2 N–H and O–H groups in total. The van der Waals surface area contributed by atoms with Crippen LogP contribution in [0.1, 0.15) is 23.5 Å². The second-order valence-electron chi connectivity index (χ2n) is 4.03. The van der Waals surface area contributed by atoms with E-state index >= 15 is 0 Å². The van der Waals surface area contributed by atoms with Crippen LogP contribution in [0.2, 0.25) is 5.02 Å². The van der Waals surface area contributed by atoms with Crippen LogP contribution in [0.4, 0.5) is 5.69 Å². The van der Waals surface area contributed by atoms with Gasteiger partial charge in [-0.3, -0.25) is 5.10 Å².